The van der Waals surface area contributed by atoms with Crippen molar-refractivity contribution < 1.29 is 22.4 Å². The molecule has 112 valence electrons. The minimum absolute atomic E-state index is 0.263. The number of hydrogen-bond acceptors (Lipinski definition) is 1. The molecule has 0 aliphatic carbocycles. The molecular weight excluding hydrogens is 276 g/mol. The molecule has 0 fully saturated rings. The number of carbonyl (C=O) groups is 1. The number of urea groups is 1. The molecule has 0 aliphatic heterocycles. The van der Waals surface area contributed by atoms with Gasteiger partial charge in [-0.2, -0.15) is 13.2 Å². The van der Waals surface area contributed by atoms with Crippen LogP contribution >= 0.6 is 0 Å². The van der Waals surface area contributed by atoms with Crippen LogP contribution in [0.25, 0.3) is 0 Å². The largest absolute Gasteiger partial charge is 0.390 e. The fourth-order valence-electron chi connectivity index (χ4n) is 1.64. The first-order valence-electron chi connectivity index (χ1n) is 6.12. The molecule has 0 radical (unpaired) electrons. The van der Waals surface area contributed by atoms with Crippen LogP contribution in [0.3, 0.4) is 0 Å². The molecule has 0 bridgehead atoms. The zero-order valence-electron chi connectivity index (χ0n) is 10.9. The van der Waals surface area contributed by atoms with Gasteiger partial charge in [0.2, 0.25) is 0 Å². The second kappa shape index (κ2) is 7.12. The van der Waals surface area contributed by atoms with Gasteiger partial charge in [0.25, 0.3) is 0 Å². The van der Waals surface area contributed by atoms with Crippen LogP contribution in [0.4, 0.5) is 22.4 Å². The van der Waals surface area contributed by atoms with E-state index in [4.69, 9.17) is 0 Å². The van der Waals surface area contributed by atoms with Crippen molar-refractivity contribution in [2.45, 2.75) is 32.0 Å². The van der Waals surface area contributed by atoms with Crippen LogP contribution in [-0.4, -0.2) is 24.8 Å². The van der Waals surface area contributed by atoms with E-state index in [0.29, 0.717) is 5.56 Å². The number of alkyl halides is 3. The average Bonchev–Trinajstić information content (AvgIpc) is 2.30. The van der Waals surface area contributed by atoms with Crippen LogP contribution in [0.2, 0.25) is 0 Å². The number of hydrogen-bond donors (Lipinski definition) is 2. The normalized spacial score (nSPS) is 12.8. The summed E-state index contributed by atoms with van der Waals surface area (Å²) in [6, 6.07) is 5.05. The lowest BCUT2D eigenvalue weighted by atomic mass is 10.1. The molecule has 0 saturated heterocycles. The summed E-state index contributed by atoms with van der Waals surface area (Å²) in [5, 5.41) is 4.56. The van der Waals surface area contributed by atoms with E-state index in [2.05, 4.69) is 10.6 Å². The van der Waals surface area contributed by atoms with Gasteiger partial charge >= 0.3 is 12.2 Å². The Balaban J connectivity index is 2.33. The minimum atomic E-state index is -4.30. The standard InChI is InChI=1S/C13H16F4N2O/c1-9(8-10-4-2-3-5-11(10)14)19-12(20)18-7-6-13(15,16)17/h2-5,9H,6-8H2,1H3,(H2,18,19,20). The zero-order chi connectivity index (χ0) is 15.2. The van der Waals surface area contributed by atoms with Crippen molar-refractivity contribution >= 4 is 6.03 Å². The molecule has 2 amide bonds. The quantitative estimate of drug-likeness (QED) is 0.805. The van der Waals surface area contributed by atoms with Crippen LogP contribution < -0.4 is 10.6 Å². The summed E-state index contributed by atoms with van der Waals surface area (Å²) in [4.78, 5) is 11.3. The smallest absolute Gasteiger partial charge is 0.338 e. The van der Waals surface area contributed by atoms with E-state index in [1.165, 1.54) is 6.07 Å². The van der Waals surface area contributed by atoms with Gasteiger partial charge in [0, 0.05) is 12.6 Å². The molecule has 0 heterocycles. The number of amides is 2. The molecule has 1 unspecified atom stereocenters. The third-order valence-electron chi connectivity index (χ3n) is 2.56. The maximum absolute atomic E-state index is 13.4. The van der Waals surface area contributed by atoms with Crippen LogP contribution in [-0.2, 0) is 6.42 Å². The third kappa shape index (κ3) is 6.40. The molecule has 20 heavy (non-hydrogen) atoms. The van der Waals surface area contributed by atoms with E-state index in [9.17, 15) is 22.4 Å². The van der Waals surface area contributed by atoms with Crippen molar-refractivity contribution in [1.82, 2.24) is 10.6 Å². The fourth-order valence-corrected chi connectivity index (χ4v) is 1.64. The Bertz CT molecular complexity index is 448. The predicted octanol–water partition coefficient (Wildman–Crippen LogP) is 3.01. The van der Waals surface area contributed by atoms with Gasteiger partial charge in [-0.3, -0.25) is 0 Å². The Labute approximate surface area is 114 Å². The summed E-state index contributed by atoms with van der Waals surface area (Å²) < 4.78 is 49.0. The lowest BCUT2D eigenvalue weighted by Crippen LogP contribution is -2.42. The monoisotopic (exact) mass is 292 g/mol. The molecule has 1 atom stereocenters. The molecule has 0 aliphatic rings. The minimum Gasteiger partial charge on any atom is -0.338 e. The van der Waals surface area contributed by atoms with Gasteiger partial charge in [-0.05, 0) is 25.0 Å². The Morgan fingerprint density at radius 3 is 2.55 bits per heavy atom. The summed E-state index contributed by atoms with van der Waals surface area (Å²) >= 11 is 0. The molecular formula is C13H16F4N2O. The Morgan fingerprint density at radius 1 is 1.30 bits per heavy atom. The summed E-state index contributed by atoms with van der Waals surface area (Å²) in [6.45, 7) is 1.16. The highest BCUT2D eigenvalue weighted by molar-refractivity contribution is 5.74. The highest BCUT2D eigenvalue weighted by atomic mass is 19.4. The summed E-state index contributed by atoms with van der Waals surface area (Å²) in [5.74, 6) is -0.376. The van der Waals surface area contributed by atoms with Crippen LogP contribution in [0.5, 0.6) is 0 Å². The Hall–Kier alpha value is -1.79. The average molecular weight is 292 g/mol. The number of halogens is 4. The van der Waals surface area contributed by atoms with Crippen molar-refractivity contribution in [3.8, 4) is 0 Å². The molecule has 7 heteroatoms. The van der Waals surface area contributed by atoms with Gasteiger partial charge in [0.15, 0.2) is 0 Å². The Morgan fingerprint density at radius 2 is 1.95 bits per heavy atom. The van der Waals surface area contributed by atoms with Gasteiger partial charge < -0.3 is 10.6 Å². The number of rotatable bonds is 5. The van der Waals surface area contributed by atoms with Crippen molar-refractivity contribution in [2.24, 2.45) is 0 Å². The summed E-state index contributed by atoms with van der Waals surface area (Å²) in [7, 11) is 0. The fraction of sp³-hybridized carbons (Fsp3) is 0.462. The van der Waals surface area contributed by atoms with Crippen molar-refractivity contribution in [1.29, 1.82) is 0 Å². The van der Waals surface area contributed by atoms with E-state index in [1.54, 1.807) is 25.1 Å². The summed E-state index contributed by atoms with van der Waals surface area (Å²) in [6.07, 6.45) is -5.12. The molecule has 3 nitrogen and oxygen atoms in total. The van der Waals surface area contributed by atoms with E-state index in [0.717, 1.165) is 0 Å². The third-order valence-corrected chi connectivity index (χ3v) is 2.56. The first kappa shape index (κ1) is 16.3. The predicted molar refractivity (Wildman–Crippen MR) is 66.8 cm³/mol. The van der Waals surface area contributed by atoms with Gasteiger partial charge in [0.05, 0.1) is 6.42 Å². The first-order chi connectivity index (χ1) is 9.28. The molecule has 1 aromatic rings. The van der Waals surface area contributed by atoms with Gasteiger partial charge in [-0.25, -0.2) is 9.18 Å². The SMILES string of the molecule is CC(Cc1ccccc1F)NC(=O)NCCC(F)(F)F. The van der Waals surface area contributed by atoms with Crippen molar-refractivity contribution in [3.05, 3.63) is 35.6 Å². The van der Waals surface area contributed by atoms with E-state index in [-0.39, 0.29) is 12.2 Å². The Kier molecular flexibility index (Phi) is 5.79. The van der Waals surface area contributed by atoms with Crippen molar-refractivity contribution in [3.63, 3.8) is 0 Å². The highest BCUT2D eigenvalue weighted by Crippen LogP contribution is 2.18. The number of benzene rings is 1. The second-order valence-electron chi connectivity index (χ2n) is 4.46. The highest BCUT2D eigenvalue weighted by Gasteiger charge is 2.26. The maximum atomic E-state index is 13.4. The van der Waals surface area contributed by atoms with E-state index >= 15 is 0 Å². The van der Waals surface area contributed by atoms with Crippen molar-refractivity contribution in [2.75, 3.05) is 6.54 Å². The molecule has 0 spiro atoms. The lowest BCUT2D eigenvalue weighted by Gasteiger charge is -2.15. The lowest BCUT2D eigenvalue weighted by molar-refractivity contribution is -0.132. The number of carbonyl (C=O) groups excluding carboxylic acids is 1. The van der Waals surface area contributed by atoms with Crippen LogP contribution in [0.1, 0.15) is 18.9 Å². The van der Waals surface area contributed by atoms with E-state index < -0.39 is 31.2 Å². The maximum Gasteiger partial charge on any atom is 0.390 e. The van der Waals surface area contributed by atoms with Gasteiger partial charge in [-0.15, -0.1) is 0 Å². The number of nitrogens with one attached hydrogen (secondary N) is 2. The molecule has 0 saturated carbocycles. The van der Waals surface area contributed by atoms with Crippen LogP contribution in [0, 0.1) is 5.82 Å². The molecule has 2 N–H and O–H groups in total. The molecule has 0 aromatic heterocycles. The summed E-state index contributed by atoms with van der Waals surface area (Å²) in [5.41, 5.74) is 0.440. The zero-order valence-corrected chi connectivity index (χ0v) is 10.9. The molecule has 1 aromatic carbocycles. The first-order valence-corrected chi connectivity index (χ1v) is 6.12. The molecule has 1 rings (SSSR count). The van der Waals surface area contributed by atoms with Crippen LogP contribution in [0.15, 0.2) is 24.3 Å². The van der Waals surface area contributed by atoms with E-state index in [1.807, 2.05) is 0 Å². The second-order valence-corrected chi connectivity index (χ2v) is 4.46. The van der Waals surface area contributed by atoms with Gasteiger partial charge in [-0.1, -0.05) is 18.2 Å². The topological polar surface area (TPSA) is 41.1 Å². The van der Waals surface area contributed by atoms with Gasteiger partial charge in [0.1, 0.15) is 5.82 Å².